The molecule has 1 saturated carbocycles. The largest absolute Gasteiger partial charge is 0.377 e. The van der Waals surface area contributed by atoms with Crippen LogP contribution in [0, 0.1) is 5.92 Å². The highest BCUT2D eigenvalue weighted by Crippen LogP contribution is 2.31. The molecule has 1 heterocycles. The summed E-state index contributed by atoms with van der Waals surface area (Å²) in [6.07, 6.45) is 2.71. The van der Waals surface area contributed by atoms with E-state index in [9.17, 15) is 0 Å². The molecule has 0 aromatic carbocycles. The molecule has 1 fully saturated rings. The summed E-state index contributed by atoms with van der Waals surface area (Å²) in [5.41, 5.74) is 0. The van der Waals surface area contributed by atoms with E-state index in [0.29, 0.717) is 6.61 Å². The molecule has 18 heavy (non-hydrogen) atoms. The van der Waals surface area contributed by atoms with Gasteiger partial charge >= 0.3 is 0 Å². The van der Waals surface area contributed by atoms with Crippen LogP contribution in [0.15, 0.2) is 6.07 Å². The van der Waals surface area contributed by atoms with E-state index in [1.807, 2.05) is 13.1 Å². The Balaban J connectivity index is 2.19. The molecule has 0 saturated heterocycles. The molecule has 2 rings (SSSR count). The van der Waals surface area contributed by atoms with Crippen molar-refractivity contribution in [1.82, 2.24) is 9.97 Å². The van der Waals surface area contributed by atoms with Gasteiger partial charge in [0.2, 0.25) is 0 Å². The number of nitrogens with one attached hydrogen (secondary N) is 1. The van der Waals surface area contributed by atoms with Crippen LogP contribution >= 0.6 is 0 Å². The fourth-order valence-electron chi connectivity index (χ4n) is 1.96. The fourth-order valence-corrected chi connectivity index (χ4v) is 1.96. The molecule has 0 bridgehead atoms. The Morgan fingerprint density at radius 2 is 2.22 bits per heavy atom. The highest BCUT2D eigenvalue weighted by molar-refractivity contribution is 5.49. The van der Waals surface area contributed by atoms with E-state index >= 15 is 0 Å². The van der Waals surface area contributed by atoms with Crippen molar-refractivity contribution in [1.29, 1.82) is 0 Å². The Morgan fingerprint density at radius 3 is 2.78 bits per heavy atom. The summed E-state index contributed by atoms with van der Waals surface area (Å²) in [5, 5.41) is 3.08. The first-order valence-corrected chi connectivity index (χ1v) is 6.56. The van der Waals surface area contributed by atoms with Crippen LogP contribution in [0.4, 0.5) is 11.6 Å². The molecule has 5 heteroatoms. The van der Waals surface area contributed by atoms with Gasteiger partial charge in [-0.05, 0) is 25.7 Å². The van der Waals surface area contributed by atoms with Crippen molar-refractivity contribution in [3.05, 3.63) is 11.9 Å². The second kappa shape index (κ2) is 6.00. The third-order valence-corrected chi connectivity index (χ3v) is 3.17. The van der Waals surface area contributed by atoms with E-state index < -0.39 is 0 Å². The molecular formula is C13H22N4O. The Kier molecular flexibility index (Phi) is 4.36. The van der Waals surface area contributed by atoms with Gasteiger partial charge in [0.25, 0.3) is 0 Å². The van der Waals surface area contributed by atoms with Gasteiger partial charge in [-0.15, -0.1) is 0 Å². The highest BCUT2D eigenvalue weighted by Gasteiger charge is 2.24. The Hall–Kier alpha value is -1.36. The molecule has 1 aliphatic rings. The number of methoxy groups -OCH3 is 1. The van der Waals surface area contributed by atoms with Gasteiger partial charge in [-0.1, -0.05) is 0 Å². The molecule has 100 valence electrons. The number of hydrogen-bond acceptors (Lipinski definition) is 5. The minimum absolute atomic E-state index is 0.448. The minimum atomic E-state index is 0.448. The van der Waals surface area contributed by atoms with Crippen LogP contribution in [0.3, 0.4) is 0 Å². The smallest absolute Gasteiger partial charge is 0.158 e. The molecule has 1 aliphatic carbocycles. The monoisotopic (exact) mass is 250 g/mol. The standard InChI is InChI=1S/C13H22N4O/c1-4-17(8-10-5-6-10)13-7-11(14-2)15-12(16-13)9-18-3/h7,10H,4-6,8-9H2,1-3H3,(H,14,15,16). The van der Waals surface area contributed by atoms with Crippen molar-refractivity contribution in [3.63, 3.8) is 0 Å². The van der Waals surface area contributed by atoms with Crippen molar-refractivity contribution >= 4 is 11.6 Å². The molecule has 0 atom stereocenters. The zero-order valence-corrected chi connectivity index (χ0v) is 11.4. The summed E-state index contributed by atoms with van der Waals surface area (Å²) in [6.45, 7) is 4.69. The van der Waals surface area contributed by atoms with Crippen molar-refractivity contribution in [2.24, 2.45) is 5.92 Å². The highest BCUT2D eigenvalue weighted by atomic mass is 16.5. The SMILES string of the molecule is CCN(CC1CC1)c1cc(NC)nc(COC)n1. The summed E-state index contributed by atoms with van der Waals surface area (Å²) < 4.78 is 5.12. The molecule has 0 aliphatic heterocycles. The van der Waals surface area contributed by atoms with Gasteiger partial charge in [-0.3, -0.25) is 0 Å². The lowest BCUT2D eigenvalue weighted by molar-refractivity contribution is 0.178. The van der Waals surface area contributed by atoms with E-state index in [0.717, 1.165) is 36.5 Å². The van der Waals surface area contributed by atoms with Crippen LogP contribution in [-0.4, -0.2) is 37.2 Å². The molecule has 0 radical (unpaired) electrons. The van der Waals surface area contributed by atoms with Crippen LogP contribution in [0.25, 0.3) is 0 Å². The normalized spacial score (nSPS) is 14.6. The number of hydrogen-bond donors (Lipinski definition) is 1. The Bertz CT molecular complexity index is 393. The van der Waals surface area contributed by atoms with Crippen LogP contribution in [-0.2, 0) is 11.3 Å². The van der Waals surface area contributed by atoms with Gasteiger partial charge in [0.1, 0.15) is 18.2 Å². The van der Waals surface area contributed by atoms with Gasteiger partial charge < -0.3 is 15.0 Å². The van der Waals surface area contributed by atoms with E-state index in [1.54, 1.807) is 7.11 Å². The number of aromatic nitrogens is 2. The van der Waals surface area contributed by atoms with Crippen molar-refractivity contribution in [2.75, 3.05) is 37.5 Å². The maximum absolute atomic E-state index is 5.12. The van der Waals surface area contributed by atoms with E-state index in [4.69, 9.17) is 4.74 Å². The zero-order valence-electron chi connectivity index (χ0n) is 11.4. The Labute approximate surface area is 109 Å². The van der Waals surface area contributed by atoms with E-state index in [1.165, 1.54) is 12.8 Å². The first-order valence-electron chi connectivity index (χ1n) is 6.56. The lowest BCUT2D eigenvalue weighted by Crippen LogP contribution is -2.26. The van der Waals surface area contributed by atoms with Crippen LogP contribution in [0.1, 0.15) is 25.6 Å². The summed E-state index contributed by atoms with van der Waals surface area (Å²) in [6, 6.07) is 2.00. The number of rotatable bonds is 7. The number of ether oxygens (including phenoxy) is 1. The first kappa shape index (κ1) is 13.1. The summed E-state index contributed by atoms with van der Waals surface area (Å²) >= 11 is 0. The predicted molar refractivity (Wildman–Crippen MR) is 72.9 cm³/mol. The van der Waals surface area contributed by atoms with Gasteiger partial charge in [0.15, 0.2) is 5.82 Å². The molecule has 0 amide bonds. The number of nitrogens with zero attached hydrogens (tertiary/aromatic N) is 3. The maximum Gasteiger partial charge on any atom is 0.158 e. The fraction of sp³-hybridized carbons (Fsp3) is 0.692. The van der Waals surface area contributed by atoms with Crippen molar-refractivity contribution in [3.8, 4) is 0 Å². The predicted octanol–water partition coefficient (Wildman–Crippen LogP) is 1.90. The molecular weight excluding hydrogens is 228 g/mol. The minimum Gasteiger partial charge on any atom is -0.377 e. The summed E-state index contributed by atoms with van der Waals surface area (Å²) in [7, 11) is 3.54. The topological polar surface area (TPSA) is 50.3 Å². The second-order valence-corrected chi connectivity index (χ2v) is 4.69. The van der Waals surface area contributed by atoms with Crippen molar-refractivity contribution < 1.29 is 4.74 Å². The second-order valence-electron chi connectivity index (χ2n) is 4.69. The summed E-state index contributed by atoms with van der Waals surface area (Å²) in [4.78, 5) is 11.3. The maximum atomic E-state index is 5.12. The molecule has 0 spiro atoms. The van der Waals surface area contributed by atoms with E-state index in [2.05, 4.69) is 27.1 Å². The average Bonchev–Trinajstić information content (AvgIpc) is 3.19. The molecule has 1 aromatic heterocycles. The van der Waals surface area contributed by atoms with Gasteiger partial charge in [-0.25, -0.2) is 9.97 Å². The van der Waals surface area contributed by atoms with Gasteiger partial charge in [0.05, 0.1) is 0 Å². The van der Waals surface area contributed by atoms with Crippen molar-refractivity contribution in [2.45, 2.75) is 26.4 Å². The molecule has 0 unspecified atom stereocenters. The van der Waals surface area contributed by atoms with Crippen LogP contribution in [0.5, 0.6) is 0 Å². The Morgan fingerprint density at radius 1 is 1.44 bits per heavy atom. The lowest BCUT2D eigenvalue weighted by atomic mass is 10.3. The lowest BCUT2D eigenvalue weighted by Gasteiger charge is -2.22. The molecule has 5 nitrogen and oxygen atoms in total. The van der Waals surface area contributed by atoms with Crippen LogP contribution < -0.4 is 10.2 Å². The third-order valence-electron chi connectivity index (χ3n) is 3.17. The third kappa shape index (κ3) is 3.32. The molecule has 1 N–H and O–H groups in total. The number of anilines is 2. The zero-order chi connectivity index (χ0) is 13.0. The molecule has 1 aromatic rings. The van der Waals surface area contributed by atoms with Gasteiger partial charge in [-0.2, -0.15) is 0 Å². The first-order chi connectivity index (χ1) is 8.76. The van der Waals surface area contributed by atoms with Gasteiger partial charge in [0, 0.05) is 33.3 Å². The van der Waals surface area contributed by atoms with E-state index in [-0.39, 0.29) is 0 Å². The quantitative estimate of drug-likeness (QED) is 0.801. The summed E-state index contributed by atoms with van der Waals surface area (Å²) in [5.74, 6) is 3.43. The van der Waals surface area contributed by atoms with Crippen LogP contribution in [0.2, 0.25) is 0 Å². The average molecular weight is 250 g/mol.